The van der Waals surface area contributed by atoms with Crippen molar-refractivity contribution in [2.24, 2.45) is 5.73 Å². The lowest BCUT2D eigenvalue weighted by molar-refractivity contribution is -0.123. The van der Waals surface area contributed by atoms with Crippen LogP contribution >= 0.6 is 11.6 Å². The monoisotopic (exact) mass is 270 g/mol. The van der Waals surface area contributed by atoms with E-state index in [0.29, 0.717) is 10.8 Å². The van der Waals surface area contributed by atoms with Crippen LogP contribution in [0.3, 0.4) is 0 Å². The number of ether oxygens (including phenoxy) is 1. The van der Waals surface area contributed by atoms with Crippen LogP contribution in [0.4, 0.5) is 0 Å². The highest BCUT2D eigenvalue weighted by atomic mass is 35.5. The smallest absolute Gasteiger partial charge is 0.258 e. The zero-order valence-corrected chi connectivity index (χ0v) is 11.5. The van der Waals surface area contributed by atoms with E-state index in [4.69, 9.17) is 22.1 Å². The summed E-state index contributed by atoms with van der Waals surface area (Å²) in [4.78, 5) is 11.6. The van der Waals surface area contributed by atoms with Crippen LogP contribution in [0.5, 0.6) is 5.75 Å². The molecule has 1 aromatic rings. The van der Waals surface area contributed by atoms with E-state index >= 15 is 0 Å². The Morgan fingerprint density at radius 3 is 2.89 bits per heavy atom. The first-order chi connectivity index (χ1) is 8.58. The van der Waals surface area contributed by atoms with Crippen LogP contribution in [0.2, 0.25) is 5.02 Å². The van der Waals surface area contributed by atoms with Crippen LogP contribution in [-0.2, 0) is 11.3 Å². The summed E-state index contributed by atoms with van der Waals surface area (Å²) < 4.78 is 5.44. The van der Waals surface area contributed by atoms with E-state index in [1.54, 1.807) is 18.2 Å². The molecule has 18 heavy (non-hydrogen) atoms. The fourth-order valence-corrected chi connectivity index (χ4v) is 1.68. The maximum absolute atomic E-state index is 11.6. The van der Waals surface area contributed by atoms with Gasteiger partial charge in [0.2, 0.25) is 0 Å². The standard InChI is InChI=1S/C13H19ClN2O2/c1-3-9(2)16-13(17)8-18-12-6-4-5-11(14)10(12)7-15/h4-6,9H,3,7-8,15H2,1-2H3,(H,16,17). The molecule has 3 N–H and O–H groups in total. The molecule has 1 rings (SSSR count). The van der Waals surface area contributed by atoms with Crippen molar-refractivity contribution in [3.63, 3.8) is 0 Å². The Kier molecular flexibility index (Phi) is 5.95. The third-order valence-corrected chi connectivity index (χ3v) is 3.01. The number of carbonyl (C=O) groups is 1. The second-order valence-electron chi connectivity index (χ2n) is 4.09. The minimum absolute atomic E-state index is 0.0301. The molecule has 0 fully saturated rings. The molecule has 0 aliphatic rings. The molecule has 0 aromatic heterocycles. The van der Waals surface area contributed by atoms with Gasteiger partial charge < -0.3 is 15.8 Å². The van der Waals surface area contributed by atoms with Crippen molar-refractivity contribution in [3.8, 4) is 5.75 Å². The highest BCUT2D eigenvalue weighted by Crippen LogP contribution is 2.25. The third kappa shape index (κ3) is 4.20. The number of benzene rings is 1. The van der Waals surface area contributed by atoms with Gasteiger partial charge in [-0.3, -0.25) is 4.79 Å². The van der Waals surface area contributed by atoms with Crippen molar-refractivity contribution < 1.29 is 9.53 Å². The Hall–Kier alpha value is -1.26. The minimum atomic E-state index is -0.146. The van der Waals surface area contributed by atoms with Gasteiger partial charge in [-0.25, -0.2) is 0 Å². The van der Waals surface area contributed by atoms with Gasteiger partial charge in [0.15, 0.2) is 6.61 Å². The zero-order valence-electron chi connectivity index (χ0n) is 10.7. The molecule has 0 bridgehead atoms. The number of nitrogens with two attached hydrogens (primary N) is 1. The molecule has 100 valence electrons. The molecule has 0 saturated carbocycles. The van der Waals surface area contributed by atoms with Gasteiger partial charge in [0.1, 0.15) is 5.75 Å². The van der Waals surface area contributed by atoms with Gasteiger partial charge >= 0.3 is 0 Å². The summed E-state index contributed by atoms with van der Waals surface area (Å²) in [5.41, 5.74) is 6.31. The Labute approximate surface area is 112 Å². The molecule has 0 aliphatic carbocycles. The van der Waals surface area contributed by atoms with E-state index < -0.39 is 0 Å². The molecule has 0 aliphatic heterocycles. The Morgan fingerprint density at radius 1 is 1.56 bits per heavy atom. The predicted molar refractivity (Wildman–Crippen MR) is 72.7 cm³/mol. The van der Waals surface area contributed by atoms with Gasteiger partial charge in [-0.15, -0.1) is 0 Å². The number of hydrogen-bond acceptors (Lipinski definition) is 3. The first-order valence-corrected chi connectivity index (χ1v) is 6.35. The molecule has 1 amide bonds. The van der Waals surface area contributed by atoms with Crippen molar-refractivity contribution in [1.82, 2.24) is 5.32 Å². The molecular formula is C13H19ClN2O2. The van der Waals surface area contributed by atoms with Gasteiger partial charge in [0.25, 0.3) is 5.91 Å². The topological polar surface area (TPSA) is 64.3 Å². The summed E-state index contributed by atoms with van der Waals surface area (Å²) in [6.07, 6.45) is 0.886. The second-order valence-corrected chi connectivity index (χ2v) is 4.49. The number of nitrogens with one attached hydrogen (secondary N) is 1. The summed E-state index contributed by atoms with van der Waals surface area (Å²) in [5, 5.41) is 3.38. The van der Waals surface area contributed by atoms with Crippen molar-refractivity contribution in [2.75, 3.05) is 6.61 Å². The van der Waals surface area contributed by atoms with Crippen molar-refractivity contribution >= 4 is 17.5 Å². The number of rotatable bonds is 6. The maximum Gasteiger partial charge on any atom is 0.258 e. The van der Waals surface area contributed by atoms with Crippen LogP contribution in [0, 0.1) is 0 Å². The summed E-state index contributed by atoms with van der Waals surface area (Å²) in [5.74, 6) is 0.414. The second kappa shape index (κ2) is 7.24. The maximum atomic E-state index is 11.6. The lowest BCUT2D eigenvalue weighted by Crippen LogP contribution is -2.35. The van der Waals surface area contributed by atoms with Crippen LogP contribution in [-0.4, -0.2) is 18.6 Å². The Morgan fingerprint density at radius 2 is 2.28 bits per heavy atom. The first-order valence-electron chi connectivity index (χ1n) is 5.98. The Bertz CT molecular complexity index is 410. The van der Waals surface area contributed by atoms with Crippen molar-refractivity contribution in [1.29, 1.82) is 0 Å². The molecule has 1 atom stereocenters. The third-order valence-electron chi connectivity index (χ3n) is 2.66. The average molecular weight is 271 g/mol. The first kappa shape index (κ1) is 14.8. The predicted octanol–water partition coefficient (Wildman–Crippen LogP) is 2.09. The zero-order chi connectivity index (χ0) is 13.5. The van der Waals surface area contributed by atoms with Gasteiger partial charge in [-0.05, 0) is 25.5 Å². The van der Waals surface area contributed by atoms with E-state index in [1.165, 1.54) is 0 Å². The summed E-state index contributed by atoms with van der Waals surface area (Å²) in [7, 11) is 0. The number of hydrogen-bond donors (Lipinski definition) is 2. The van der Waals surface area contributed by atoms with Crippen LogP contribution < -0.4 is 15.8 Å². The van der Waals surface area contributed by atoms with Gasteiger partial charge in [-0.1, -0.05) is 24.6 Å². The summed E-state index contributed by atoms with van der Waals surface area (Å²) in [6, 6.07) is 5.42. The minimum Gasteiger partial charge on any atom is -0.483 e. The van der Waals surface area contributed by atoms with E-state index in [-0.39, 0.29) is 25.1 Å². The number of halogens is 1. The van der Waals surface area contributed by atoms with Crippen LogP contribution in [0.25, 0.3) is 0 Å². The van der Waals surface area contributed by atoms with E-state index in [0.717, 1.165) is 12.0 Å². The molecular weight excluding hydrogens is 252 g/mol. The highest BCUT2D eigenvalue weighted by molar-refractivity contribution is 6.31. The highest BCUT2D eigenvalue weighted by Gasteiger charge is 2.10. The Balaban J connectivity index is 2.58. The fraction of sp³-hybridized carbons (Fsp3) is 0.462. The van der Waals surface area contributed by atoms with E-state index in [2.05, 4.69) is 5.32 Å². The molecule has 0 spiro atoms. The van der Waals surface area contributed by atoms with Crippen LogP contribution in [0.1, 0.15) is 25.8 Å². The van der Waals surface area contributed by atoms with Crippen LogP contribution in [0.15, 0.2) is 18.2 Å². The quantitative estimate of drug-likeness (QED) is 0.832. The SMILES string of the molecule is CCC(C)NC(=O)COc1cccc(Cl)c1CN. The van der Waals surface area contributed by atoms with E-state index in [9.17, 15) is 4.79 Å². The average Bonchev–Trinajstić information content (AvgIpc) is 2.36. The summed E-state index contributed by atoms with van der Waals surface area (Å²) >= 11 is 5.99. The lowest BCUT2D eigenvalue weighted by atomic mass is 10.2. The molecule has 5 heteroatoms. The fourth-order valence-electron chi connectivity index (χ4n) is 1.43. The number of carbonyl (C=O) groups excluding carboxylic acids is 1. The molecule has 0 saturated heterocycles. The molecule has 0 heterocycles. The van der Waals surface area contributed by atoms with Gasteiger partial charge in [0, 0.05) is 23.2 Å². The summed E-state index contributed by atoms with van der Waals surface area (Å²) in [6.45, 7) is 4.21. The largest absolute Gasteiger partial charge is 0.483 e. The lowest BCUT2D eigenvalue weighted by Gasteiger charge is -2.14. The molecule has 1 aromatic carbocycles. The van der Waals surface area contributed by atoms with Gasteiger partial charge in [-0.2, -0.15) is 0 Å². The molecule has 0 radical (unpaired) electrons. The number of amides is 1. The normalized spacial score (nSPS) is 12.0. The van der Waals surface area contributed by atoms with Crippen molar-refractivity contribution in [3.05, 3.63) is 28.8 Å². The van der Waals surface area contributed by atoms with Gasteiger partial charge in [0.05, 0.1) is 0 Å². The molecule has 4 nitrogen and oxygen atoms in total. The molecule has 1 unspecified atom stereocenters. The van der Waals surface area contributed by atoms with Crippen molar-refractivity contribution in [2.45, 2.75) is 32.9 Å². The van der Waals surface area contributed by atoms with E-state index in [1.807, 2.05) is 13.8 Å².